The Morgan fingerprint density at radius 3 is 2.83 bits per heavy atom. The lowest BCUT2D eigenvalue weighted by atomic mass is 10.1. The smallest absolute Gasteiger partial charge is 0.304 e. The summed E-state index contributed by atoms with van der Waals surface area (Å²) in [6, 6.07) is 4.57. The minimum absolute atomic E-state index is 0. The highest BCUT2D eigenvalue weighted by Crippen LogP contribution is 2.15. The van der Waals surface area contributed by atoms with Crippen LogP contribution in [0.3, 0.4) is 0 Å². The molecule has 0 amide bonds. The average Bonchev–Trinajstić information content (AvgIpc) is 2.45. The van der Waals surface area contributed by atoms with E-state index in [0.717, 1.165) is 19.0 Å². The third kappa shape index (κ3) is 6.06. The number of carboxylic acid groups (broad SMARTS) is 1. The lowest BCUT2D eigenvalue weighted by Crippen LogP contribution is -2.48. The third-order valence-corrected chi connectivity index (χ3v) is 5.09. The first-order valence-electron chi connectivity index (χ1n) is 7.09. The maximum atomic E-state index is 13.2. The van der Waals surface area contributed by atoms with Gasteiger partial charge in [0.15, 0.2) is 0 Å². The molecular weight excluding hydrogens is 347 g/mol. The van der Waals surface area contributed by atoms with Gasteiger partial charge in [-0.05, 0) is 37.6 Å². The van der Waals surface area contributed by atoms with Crippen LogP contribution in [0, 0.1) is 5.82 Å². The highest BCUT2D eigenvalue weighted by molar-refractivity contribution is 7.89. The molecule has 0 aliphatic carbocycles. The van der Waals surface area contributed by atoms with Crippen LogP contribution in [-0.2, 0) is 14.8 Å². The zero-order chi connectivity index (χ0) is 16.2. The standard InChI is InChI=1S/C14H19FN2O4S.ClH/c15-11-3-1-5-13(9-11)22(20,21)16-12-4-2-7-17(10-12)8-6-14(18)19;/h1,3,5,9,12,16H,2,4,6-8,10H2,(H,18,19);1H. The van der Waals surface area contributed by atoms with Gasteiger partial charge >= 0.3 is 5.97 Å². The van der Waals surface area contributed by atoms with Crippen LogP contribution in [0.15, 0.2) is 29.2 Å². The summed E-state index contributed by atoms with van der Waals surface area (Å²) in [5.41, 5.74) is 0. The molecule has 1 aromatic carbocycles. The highest BCUT2D eigenvalue weighted by Gasteiger charge is 2.25. The molecule has 1 heterocycles. The molecule has 0 radical (unpaired) electrons. The van der Waals surface area contributed by atoms with Crippen molar-refractivity contribution in [3.63, 3.8) is 0 Å². The van der Waals surface area contributed by atoms with E-state index in [1.807, 2.05) is 4.90 Å². The van der Waals surface area contributed by atoms with E-state index >= 15 is 0 Å². The lowest BCUT2D eigenvalue weighted by Gasteiger charge is -2.32. The van der Waals surface area contributed by atoms with Crippen molar-refractivity contribution < 1.29 is 22.7 Å². The molecule has 0 aromatic heterocycles. The summed E-state index contributed by atoms with van der Waals surface area (Å²) < 4.78 is 40.2. The zero-order valence-electron chi connectivity index (χ0n) is 12.4. The Hall–Kier alpha value is -1.22. The van der Waals surface area contributed by atoms with Gasteiger partial charge in [0.05, 0.1) is 11.3 Å². The molecule has 0 saturated carbocycles. The molecule has 1 aromatic rings. The van der Waals surface area contributed by atoms with E-state index in [2.05, 4.69) is 4.72 Å². The number of likely N-dealkylation sites (tertiary alicyclic amines) is 1. The molecule has 0 bridgehead atoms. The van der Waals surface area contributed by atoms with Gasteiger partial charge in [-0.3, -0.25) is 4.79 Å². The Morgan fingerprint density at radius 2 is 2.17 bits per heavy atom. The fraction of sp³-hybridized carbons (Fsp3) is 0.500. The minimum atomic E-state index is -3.77. The molecule has 9 heteroatoms. The molecule has 1 aliphatic rings. The van der Waals surface area contributed by atoms with Gasteiger partial charge in [-0.1, -0.05) is 6.07 Å². The van der Waals surface area contributed by atoms with Gasteiger partial charge < -0.3 is 10.0 Å². The third-order valence-electron chi connectivity index (χ3n) is 3.58. The number of hydrogen-bond donors (Lipinski definition) is 2. The predicted octanol–water partition coefficient (Wildman–Crippen LogP) is 1.46. The van der Waals surface area contributed by atoms with Crippen molar-refractivity contribution in [2.45, 2.75) is 30.2 Å². The second kappa shape index (κ2) is 8.58. The van der Waals surface area contributed by atoms with E-state index in [4.69, 9.17) is 5.11 Å². The van der Waals surface area contributed by atoms with Gasteiger partial charge in [0, 0.05) is 19.1 Å². The number of benzene rings is 1. The van der Waals surface area contributed by atoms with Gasteiger partial charge in [-0.2, -0.15) is 0 Å². The summed E-state index contributed by atoms with van der Waals surface area (Å²) in [6.07, 6.45) is 1.50. The molecule has 2 rings (SSSR count). The normalized spacial score (nSPS) is 19.1. The summed E-state index contributed by atoms with van der Waals surface area (Å²) in [5.74, 6) is -1.47. The first-order valence-corrected chi connectivity index (χ1v) is 8.57. The Balaban J connectivity index is 0.00000264. The number of rotatable bonds is 6. The van der Waals surface area contributed by atoms with Gasteiger partial charge in [-0.15, -0.1) is 12.4 Å². The summed E-state index contributed by atoms with van der Waals surface area (Å²) in [5, 5.41) is 8.70. The number of carbonyl (C=O) groups is 1. The molecular formula is C14H20ClFN2O4S. The fourth-order valence-electron chi connectivity index (χ4n) is 2.53. The summed E-state index contributed by atoms with van der Waals surface area (Å²) in [4.78, 5) is 12.4. The van der Waals surface area contributed by atoms with E-state index in [9.17, 15) is 17.6 Å². The van der Waals surface area contributed by atoms with E-state index in [0.29, 0.717) is 19.5 Å². The van der Waals surface area contributed by atoms with Crippen LogP contribution in [0.5, 0.6) is 0 Å². The molecule has 1 unspecified atom stereocenters. The van der Waals surface area contributed by atoms with Gasteiger partial charge in [0.2, 0.25) is 10.0 Å². The molecule has 6 nitrogen and oxygen atoms in total. The van der Waals surface area contributed by atoms with E-state index < -0.39 is 21.8 Å². The molecule has 1 aliphatic heterocycles. The van der Waals surface area contributed by atoms with Crippen molar-refractivity contribution in [2.24, 2.45) is 0 Å². The summed E-state index contributed by atoms with van der Waals surface area (Å²) in [6.45, 7) is 1.61. The van der Waals surface area contributed by atoms with E-state index in [-0.39, 0.29) is 29.8 Å². The molecule has 1 fully saturated rings. The van der Waals surface area contributed by atoms with Crippen molar-refractivity contribution in [3.05, 3.63) is 30.1 Å². The molecule has 2 N–H and O–H groups in total. The Bertz CT molecular complexity index is 641. The number of nitrogens with zero attached hydrogens (tertiary/aromatic N) is 1. The fourth-order valence-corrected chi connectivity index (χ4v) is 3.82. The van der Waals surface area contributed by atoms with Crippen molar-refractivity contribution in [3.8, 4) is 0 Å². The maximum absolute atomic E-state index is 13.2. The first-order chi connectivity index (χ1) is 10.4. The molecule has 23 heavy (non-hydrogen) atoms. The lowest BCUT2D eigenvalue weighted by molar-refractivity contribution is -0.137. The van der Waals surface area contributed by atoms with Crippen molar-refractivity contribution in [1.82, 2.24) is 9.62 Å². The first kappa shape index (κ1) is 19.8. The zero-order valence-corrected chi connectivity index (χ0v) is 14.1. The van der Waals surface area contributed by atoms with Gasteiger partial charge in [0.1, 0.15) is 5.82 Å². The molecule has 1 atom stereocenters. The van der Waals surface area contributed by atoms with Crippen molar-refractivity contribution >= 4 is 28.4 Å². The van der Waals surface area contributed by atoms with Crippen LogP contribution in [0.25, 0.3) is 0 Å². The summed E-state index contributed by atoms with van der Waals surface area (Å²) in [7, 11) is -3.77. The monoisotopic (exact) mass is 366 g/mol. The Labute approximate surface area is 141 Å². The van der Waals surface area contributed by atoms with Crippen molar-refractivity contribution in [1.29, 1.82) is 0 Å². The van der Waals surface area contributed by atoms with Crippen LogP contribution < -0.4 is 4.72 Å². The second-order valence-corrected chi connectivity index (χ2v) is 7.08. The maximum Gasteiger partial charge on any atom is 0.304 e. The average molecular weight is 367 g/mol. The number of nitrogens with one attached hydrogen (secondary N) is 1. The highest BCUT2D eigenvalue weighted by atomic mass is 35.5. The number of aliphatic carboxylic acids is 1. The van der Waals surface area contributed by atoms with Crippen LogP contribution in [0.2, 0.25) is 0 Å². The van der Waals surface area contributed by atoms with E-state index in [1.165, 1.54) is 18.2 Å². The van der Waals surface area contributed by atoms with Gasteiger partial charge in [0.25, 0.3) is 0 Å². The topological polar surface area (TPSA) is 86.7 Å². The van der Waals surface area contributed by atoms with Crippen LogP contribution in [0.4, 0.5) is 4.39 Å². The minimum Gasteiger partial charge on any atom is -0.481 e. The quantitative estimate of drug-likeness (QED) is 0.796. The Morgan fingerprint density at radius 1 is 1.43 bits per heavy atom. The molecule has 1 saturated heterocycles. The van der Waals surface area contributed by atoms with Crippen LogP contribution in [0.1, 0.15) is 19.3 Å². The van der Waals surface area contributed by atoms with Crippen molar-refractivity contribution in [2.75, 3.05) is 19.6 Å². The molecule has 130 valence electrons. The predicted molar refractivity (Wildman–Crippen MR) is 85.7 cm³/mol. The number of hydrogen-bond acceptors (Lipinski definition) is 4. The SMILES string of the molecule is Cl.O=C(O)CCN1CCCC(NS(=O)(=O)c2cccc(F)c2)C1. The second-order valence-electron chi connectivity index (χ2n) is 5.36. The Kier molecular flexibility index (Phi) is 7.40. The largest absolute Gasteiger partial charge is 0.481 e. The van der Waals surface area contributed by atoms with Crippen LogP contribution in [-0.4, -0.2) is 50.1 Å². The number of piperidine rings is 1. The number of carboxylic acids is 1. The summed E-state index contributed by atoms with van der Waals surface area (Å²) >= 11 is 0. The number of halogens is 2. The van der Waals surface area contributed by atoms with Crippen LogP contribution >= 0.6 is 12.4 Å². The molecule has 0 spiro atoms. The van der Waals surface area contributed by atoms with E-state index in [1.54, 1.807) is 0 Å². The number of sulfonamides is 1. The van der Waals surface area contributed by atoms with Gasteiger partial charge in [-0.25, -0.2) is 17.5 Å².